The highest BCUT2D eigenvalue weighted by molar-refractivity contribution is 5.96. The van der Waals surface area contributed by atoms with E-state index in [2.05, 4.69) is 5.32 Å². The standard InChI is InChI=1S/C13H17NO/c1-2-13(15)10-6-8-12(9-7-10)14-11-4-3-5-11/h6-9,11,14H,2-5H2,1H3. The Morgan fingerprint density at radius 1 is 1.33 bits per heavy atom. The molecule has 1 aliphatic rings. The van der Waals surface area contributed by atoms with Gasteiger partial charge in [0, 0.05) is 23.7 Å². The summed E-state index contributed by atoms with van der Waals surface area (Å²) in [7, 11) is 0. The number of rotatable bonds is 4. The minimum atomic E-state index is 0.213. The van der Waals surface area contributed by atoms with Crippen molar-refractivity contribution in [3.8, 4) is 0 Å². The second-order valence-corrected chi connectivity index (χ2v) is 4.13. The van der Waals surface area contributed by atoms with Gasteiger partial charge in [0.05, 0.1) is 0 Å². The van der Waals surface area contributed by atoms with Crippen LogP contribution in [-0.4, -0.2) is 11.8 Å². The fourth-order valence-corrected chi connectivity index (χ4v) is 1.74. The first-order chi connectivity index (χ1) is 7.29. The molecule has 15 heavy (non-hydrogen) atoms. The Bertz CT molecular complexity index is 338. The first kappa shape index (κ1) is 10.2. The van der Waals surface area contributed by atoms with Gasteiger partial charge in [-0.3, -0.25) is 4.79 Å². The van der Waals surface area contributed by atoms with Crippen LogP contribution in [0.3, 0.4) is 0 Å². The Morgan fingerprint density at radius 2 is 2.00 bits per heavy atom. The molecule has 0 saturated heterocycles. The Balaban J connectivity index is 1.99. The third kappa shape index (κ3) is 2.38. The van der Waals surface area contributed by atoms with Crippen molar-refractivity contribution in [2.75, 3.05) is 5.32 Å². The zero-order valence-electron chi connectivity index (χ0n) is 9.12. The van der Waals surface area contributed by atoms with Gasteiger partial charge in [0.25, 0.3) is 0 Å². The average molecular weight is 203 g/mol. The van der Waals surface area contributed by atoms with Gasteiger partial charge in [-0.2, -0.15) is 0 Å². The Hall–Kier alpha value is -1.31. The lowest BCUT2D eigenvalue weighted by Crippen LogP contribution is -2.26. The van der Waals surface area contributed by atoms with Gasteiger partial charge in [-0.1, -0.05) is 6.92 Å². The number of anilines is 1. The number of hydrogen-bond donors (Lipinski definition) is 1. The highest BCUT2D eigenvalue weighted by atomic mass is 16.1. The Kier molecular flexibility index (Phi) is 3.05. The molecule has 2 nitrogen and oxygen atoms in total. The van der Waals surface area contributed by atoms with Gasteiger partial charge in [0.2, 0.25) is 0 Å². The predicted molar refractivity (Wildman–Crippen MR) is 62.3 cm³/mol. The molecule has 0 atom stereocenters. The van der Waals surface area contributed by atoms with Crippen molar-refractivity contribution in [1.82, 2.24) is 0 Å². The van der Waals surface area contributed by atoms with Crippen LogP contribution in [-0.2, 0) is 0 Å². The van der Waals surface area contributed by atoms with Gasteiger partial charge in [0.15, 0.2) is 5.78 Å². The molecular weight excluding hydrogens is 186 g/mol. The number of nitrogens with one attached hydrogen (secondary N) is 1. The van der Waals surface area contributed by atoms with Crippen LogP contribution in [0.4, 0.5) is 5.69 Å². The van der Waals surface area contributed by atoms with Crippen LogP contribution in [0, 0.1) is 0 Å². The van der Waals surface area contributed by atoms with Crippen molar-refractivity contribution in [3.63, 3.8) is 0 Å². The van der Waals surface area contributed by atoms with E-state index in [0.29, 0.717) is 12.5 Å². The van der Waals surface area contributed by atoms with Crippen LogP contribution < -0.4 is 5.32 Å². The van der Waals surface area contributed by atoms with E-state index in [1.807, 2.05) is 31.2 Å². The molecule has 0 aromatic heterocycles. The second kappa shape index (κ2) is 4.47. The van der Waals surface area contributed by atoms with E-state index in [4.69, 9.17) is 0 Å². The fourth-order valence-electron chi connectivity index (χ4n) is 1.74. The number of carbonyl (C=O) groups excluding carboxylic acids is 1. The number of Topliss-reactive ketones (excluding diaryl/α,β-unsaturated/α-hetero) is 1. The van der Waals surface area contributed by atoms with E-state index < -0.39 is 0 Å². The van der Waals surface area contributed by atoms with Gasteiger partial charge < -0.3 is 5.32 Å². The maximum atomic E-state index is 11.4. The molecule has 0 radical (unpaired) electrons. The smallest absolute Gasteiger partial charge is 0.162 e. The second-order valence-electron chi connectivity index (χ2n) is 4.13. The molecule has 1 aromatic rings. The zero-order chi connectivity index (χ0) is 10.7. The SMILES string of the molecule is CCC(=O)c1ccc(NC2CCC2)cc1. The zero-order valence-corrected chi connectivity index (χ0v) is 9.12. The fraction of sp³-hybridized carbons (Fsp3) is 0.462. The number of carbonyl (C=O) groups is 1. The van der Waals surface area contributed by atoms with Crippen molar-refractivity contribution in [1.29, 1.82) is 0 Å². The summed E-state index contributed by atoms with van der Waals surface area (Å²) in [6.07, 6.45) is 4.46. The lowest BCUT2D eigenvalue weighted by molar-refractivity contribution is 0.0988. The molecule has 1 fully saturated rings. The first-order valence-electron chi connectivity index (χ1n) is 5.69. The van der Waals surface area contributed by atoms with Crippen LogP contribution in [0.1, 0.15) is 43.0 Å². The van der Waals surface area contributed by atoms with Crippen LogP contribution in [0.2, 0.25) is 0 Å². The third-order valence-corrected chi connectivity index (χ3v) is 3.00. The summed E-state index contributed by atoms with van der Waals surface area (Å²) in [6, 6.07) is 8.47. The van der Waals surface area contributed by atoms with Gasteiger partial charge >= 0.3 is 0 Å². The van der Waals surface area contributed by atoms with Crippen molar-refractivity contribution in [2.24, 2.45) is 0 Å². The van der Waals surface area contributed by atoms with Crippen molar-refractivity contribution < 1.29 is 4.79 Å². The topological polar surface area (TPSA) is 29.1 Å². The molecule has 2 rings (SSSR count). The molecule has 0 amide bonds. The highest BCUT2D eigenvalue weighted by Gasteiger charge is 2.16. The summed E-state index contributed by atoms with van der Waals surface area (Å²) in [6.45, 7) is 1.89. The summed E-state index contributed by atoms with van der Waals surface area (Å²) >= 11 is 0. The van der Waals surface area contributed by atoms with Gasteiger partial charge in [0.1, 0.15) is 0 Å². The van der Waals surface area contributed by atoms with Crippen LogP contribution >= 0.6 is 0 Å². The monoisotopic (exact) mass is 203 g/mol. The summed E-state index contributed by atoms with van der Waals surface area (Å²) in [4.78, 5) is 11.4. The molecule has 0 spiro atoms. The molecule has 2 heteroatoms. The molecule has 80 valence electrons. The quantitative estimate of drug-likeness (QED) is 0.761. The van der Waals surface area contributed by atoms with E-state index in [1.54, 1.807) is 0 Å². The molecular formula is C13H17NO. The van der Waals surface area contributed by atoms with Crippen molar-refractivity contribution in [2.45, 2.75) is 38.6 Å². The lowest BCUT2D eigenvalue weighted by atomic mass is 9.93. The Morgan fingerprint density at radius 3 is 2.47 bits per heavy atom. The lowest BCUT2D eigenvalue weighted by Gasteiger charge is -2.27. The molecule has 1 aromatic carbocycles. The maximum absolute atomic E-state index is 11.4. The molecule has 0 unspecified atom stereocenters. The Labute approximate surface area is 90.7 Å². The molecule has 1 aliphatic carbocycles. The van der Waals surface area contributed by atoms with Crippen molar-refractivity contribution >= 4 is 11.5 Å². The van der Waals surface area contributed by atoms with Crippen molar-refractivity contribution in [3.05, 3.63) is 29.8 Å². The minimum absolute atomic E-state index is 0.213. The summed E-state index contributed by atoms with van der Waals surface area (Å²) in [5, 5.41) is 3.45. The van der Waals surface area contributed by atoms with Crippen LogP contribution in [0.15, 0.2) is 24.3 Å². The van der Waals surface area contributed by atoms with Crippen LogP contribution in [0.25, 0.3) is 0 Å². The van der Waals surface area contributed by atoms with E-state index in [-0.39, 0.29) is 5.78 Å². The molecule has 0 bridgehead atoms. The van der Waals surface area contributed by atoms with Gasteiger partial charge in [-0.25, -0.2) is 0 Å². The first-order valence-corrected chi connectivity index (χ1v) is 5.69. The third-order valence-electron chi connectivity index (χ3n) is 3.00. The van der Waals surface area contributed by atoms with Gasteiger partial charge in [-0.15, -0.1) is 0 Å². The maximum Gasteiger partial charge on any atom is 0.162 e. The largest absolute Gasteiger partial charge is 0.382 e. The average Bonchev–Trinajstić information content (AvgIpc) is 2.23. The molecule has 1 saturated carbocycles. The summed E-state index contributed by atoms with van der Waals surface area (Å²) in [5.74, 6) is 0.213. The van der Waals surface area contributed by atoms with E-state index >= 15 is 0 Å². The molecule has 0 aliphatic heterocycles. The number of ketones is 1. The van der Waals surface area contributed by atoms with Gasteiger partial charge in [-0.05, 0) is 43.5 Å². The number of benzene rings is 1. The van der Waals surface area contributed by atoms with Crippen LogP contribution in [0.5, 0.6) is 0 Å². The normalized spacial score (nSPS) is 15.8. The number of hydrogen-bond acceptors (Lipinski definition) is 2. The minimum Gasteiger partial charge on any atom is -0.382 e. The van der Waals surface area contributed by atoms with E-state index in [0.717, 1.165) is 11.3 Å². The van der Waals surface area contributed by atoms with E-state index in [9.17, 15) is 4.79 Å². The summed E-state index contributed by atoms with van der Waals surface area (Å²) in [5.41, 5.74) is 1.95. The molecule has 1 N–H and O–H groups in total. The highest BCUT2D eigenvalue weighted by Crippen LogP contribution is 2.23. The summed E-state index contributed by atoms with van der Waals surface area (Å²) < 4.78 is 0. The van der Waals surface area contributed by atoms with E-state index in [1.165, 1.54) is 19.3 Å². The predicted octanol–water partition coefficient (Wildman–Crippen LogP) is 3.24. The molecule has 0 heterocycles.